The van der Waals surface area contributed by atoms with Gasteiger partial charge in [-0.15, -0.1) is 5.10 Å². The van der Waals surface area contributed by atoms with Gasteiger partial charge < -0.3 is 9.26 Å². The normalized spacial score (nSPS) is 10.8. The van der Waals surface area contributed by atoms with Crippen LogP contribution in [0.3, 0.4) is 0 Å². The zero-order chi connectivity index (χ0) is 14.5. The predicted molar refractivity (Wildman–Crippen MR) is 68.1 cm³/mol. The zero-order valence-corrected chi connectivity index (χ0v) is 11.8. The molecule has 0 aliphatic carbocycles. The number of aromatic nitrogens is 5. The molecule has 20 heavy (non-hydrogen) atoms. The summed E-state index contributed by atoms with van der Waals surface area (Å²) in [6.45, 7) is 6.11. The van der Waals surface area contributed by atoms with Crippen molar-refractivity contribution in [2.45, 2.75) is 40.2 Å². The van der Waals surface area contributed by atoms with E-state index in [0.717, 1.165) is 12.1 Å². The fourth-order valence-corrected chi connectivity index (χ4v) is 1.83. The molecule has 108 valence electrons. The molecule has 0 aliphatic rings. The third-order valence-electron chi connectivity index (χ3n) is 2.65. The lowest BCUT2D eigenvalue weighted by atomic mass is 10.2. The van der Waals surface area contributed by atoms with E-state index in [2.05, 4.69) is 20.5 Å². The molecule has 2 aromatic rings. The molecule has 0 saturated heterocycles. The zero-order valence-electron chi connectivity index (χ0n) is 11.8. The molecular weight excluding hydrogens is 262 g/mol. The molecule has 0 saturated carbocycles. The molecule has 8 nitrogen and oxygen atoms in total. The van der Waals surface area contributed by atoms with Gasteiger partial charge in [0.2, 0.25) is 5.89 Å². The van der Waals surface area contributed by atoms with Gasteiger partial charge >= 0.3 is 5.97 Å². The van der Waals surface area contributed by atoms with Gasteiger partial charge in [0.1, 0.15) is 6.54 Å². The Balaban J connectivity index is 2.26. The van der Waals surface area contributed by atoms with Crippen LogP contribution in [0.5, 0.6) is 0 Å². The highest BCUT2D eigenvalue weighted by molar-refractivity contribution is 5.88. The lowest BCUT2D eigenvalue weighted by molar-refractivity contribution is 0.0518. The van der Waals surface area contributed by atoms with Gasteiger partial charge in [0.25, 0.3) is 0 Å². The molecule has 0 radical (unpaired) electrons. The van der Waals surface area contributed by atoms with Crippen LogP contribution in [0.4, 0.5) is 0 Å². The molecule has 2 heterocycles. The maximum atomic E-state index is 11.8. The van der Waals surface area contributed by atoms with Crippen LogP contribution >= 0.6 is 0 Å². The fourth-order valence-electron chi connectivity index (χ4n) is 1.83. The number of rotatable bonds is 6. The number of carbonyl (C=O) groups is 1. The van der Waals surface area contributed by atoms with Gasteiger partial charge in [-0.2, -0.15) is 4.98 Å². The van der Waals surface area contributed by atoms with Gasteiger partial charge in [-0.25, -0.2) is 9.48 Å². The van der Waals surface area contributed by atoms with E-state index < -0.39 is 5.97 Å². The molecule has 2 rings (SSSR count). The summed E-state index contributed by atoms with van der Waals surface area (Å²) in [4.78, 5) is 15.9. The van der Waals surface area contributed by atoms with Crippen LogP contribution < -0.4 is 0 Å². The third-order valence-corrected chi connectivity index (χ3v) is 2.65. The van der Waals surface area contributed by atoms with Crippen molar-refractivity contribution in [3.8, 4) is 0 Å². The molecule has 0 atom stereocenters. The molecule has 0 aliphatic heterocycles. The first-order valence-corrected chi connectivity index (χ1v) is 6.54. The second-order valence-electron chi connectivity index (χ2n) is 4.25. The molecule has 0 fully saturated rings. The van der Waals surface area contributed by atoms with Crippen molar-refractivity contribution in [3.63, 3.8) is 0 Å². The molecule has 0 unspecified atom stereocenters. The summed E-state index contributed by atoms with van der Waals surface area (Å²) in [6.07, 6.45) is 1.54. The quantitative estimate of drug-likeness (QED) is 0.731. The van der Waals surface area contributed by atoms with Crippen molar-refractivity contribution >= 4 is 5.97 Å². The van der Waals surface area contributed by atoms with E-state index in [4.69, 9.17) is 9.26 Å². The lowest BCUT2D eigenvalue weighted by Gasteiger charge is -2.04. The minimum absolute atomic E-state index is 0.255. The van der Waals surface area contributed by atoms with E-state index in [1.54, 1.807) is 18.5 Å². The number of ether oxygens (including phenoxy) is 1. The molecule has 0 aromatic carbocycles. The van der Waals surface area contributed by atoms with E-state index in [1.165, 1.54) is 0 Å². The molecule has 2 aromatic heterocycles. The number of hydrogen-bond donors (Lipinski definition) is 0. The highest BCUT2D eigenvalue weighted by atomic mass is 16.5. The Kier molecular flexibility index (Phi) is 4.44. The third kappa shape index (κ3) is 3.01. The summed E-state index contributed by atoms with van der Waals surface area (Å²) in [6, 6.07) is 0. The average Bonchev–Trinajstić information content (AvgIpc) is 2.99. The molecular formula is C12H17N5O3. The van der Waals surface area contributed by atoms with Gasteiger partial charge in [-0.3, -0.25) is 0 Å². The Morgan fingerprint density at radius 2 is 2.20 bits per heavy atom. The molecule has 0 bridgehead atoms. The van der Waals surface area contributed by atoms with E-state index in [-0.39, 0.29) is 5.69 Å². The van der Waals surface area contributed by atoms with Crippen molar-refractivity contribution in [1.29, 1.82) is 0 Å². The van der Waals surface area contributed by atoms with Crippen LogP contribution in [0.2, 0.25) is 0 Å². The number of aryl methyl sites for hydroxylation is 1. The largest absolute Gasteiger partial charge is 0.461 e. The van der Waals surface area contributed by atoms with Gasteiger partial charge in [0.15, 0.2) is 11.5 Å². The van der Waals surface area contributed by atoms with Gasteiger partial charge in [0.05, 0.1) is 12.3 Å². The van der Waals surface area contributed by atoms with Crippen molar-refractivity contribution in [3.05, 3.63) is 23.1 Å². The van der Waals surface area contributed by atoms with Gasteiger partial charge in [0, 0.05) is 0 Å². The number of nitrogens with zero attached hydrogens (tertiary/aromatic N) is 5. The van der Waals surface area contributed by atoms with Crippen LogP contribution in [-0.4, -0.2) is 37.7 Å². The topological polar surface area (TPSA) is 95.9 Å². The first-order valence-electron chi connectivity index (χ1n) is 6.54. The maximum Gasteiger partial charge on any atom is 0.360 e. The van der Waals surface area contributed by atoms with Gasteiger partial charge in [-0.05, 0) is 20.3 Å². The monoisotopic (exact) mass is 279 g/mol. The highest BCUT2D eigenvalue weighted by Gasteiger charge is 2.21. The summed E-state index contributed by atoms with van der Waals surface area (Å²) < 4.78 is 11.6. The molecule has 0 amide bonds. The fraction of sp³-hybridized carbons (Fsp3) is 0.583. The minimum atomic E-state index is -0.455. The van der Waals surface area contributed by atoms with Crippen LogP contribution in [0.15, 0.2) is 4.52 Å². The first kappa shape index (κ1) is 14.2. The summed E-state index contributed by atoms with van der Waals surface area (Å²) >= 11 is 0. The molecule has 0 N–H and O–H groups in total. The summed E-state index contributed by atoms with van der Waals surface area (Å²) in [5.41, 5.74) is 0.978. The molecule has 8 heteroatoms. The van der Waals surface area contributed by atoms with Crippen molar-refractivity contribution < 1.29 is 14.1 Å². The van der Waals surface area contributed by atoms with Gasteiger partial charge in [-0.1, -0.05) is 23.7 Å². The van der Waals surface area contributed by atoms with Crippen LogP contribution in [-0.2, 0) is 17.7 Å². The SMILES string of the molecule is CCCc1c(C(=O)OCC)nnn1Cc1nc(C)no1. The van der Waals surface area contributed by atoms with Crippen LogP contribution in [0, 0.1) is 6.92 Å². The van der Waals surface area contributed by atoms with Crippen molar-refractivity contribution in [1.82, 2.24) is 25.1 Å². The number of hydrogen-bond acceptors (Lipinski definition) is 7. The predicted octanol–water partition coefficient (Wildman–Crippen LogP) is 1.15. The average molecular weight is 279 g/mol. The second-order valence-corrected chi connectivity index (χ2v) is 4.25. The second kappa shape index (κ2) is 6.27. The van der Waals surface area contributed by atoms with Crippen LogP contribution in [0.1, 0.15) is 48.2 Å². The number of carbonyl (C=O) groups excluding carboxylic acids is 1. The van der Waals surface area contributed by atoms with Crippen molar-refractivity contribution in [2.24, 2.45) is 0 Å². The van der Waals surface area contributed by atoms with Crippen LogP contribution in [0.25, 0.3) is 0 Å². The Labute approximate surface area is 116 Å². The lowest BCUT2D eigenvalue weighted by Crippen LogP contribution is -2.11. The Bertz CT molecular complexity index is 590. The first-order chi connectivity index (χ1) is 9.65. The Hall–Kier alpha value is -2.25. The number of esters is 1. The summed E-state index contributed by atoms with van der Waals surface area (Å²) in [5, 5.41) is 11.6. The van der Waals surface area contributed by atoms with E-state index in [1.807, 2.05) is 6.92 Å². The van der Waals surface area contributed by atoms with E-state index >= 15 is 0 Å². The van der Waals surface area contributed by atoms with Crippen molar-refractivity contribution in [2.75, 3.05) is 6.61 Å². The summed E-state index contributed by atoms with van der Waals surface area (Å²) in [7, 11) is 0. The standard InChI is InChI=1S/C12H17N5O3/c1-4-6-9-11(12(18)19-5-2)14-16-17(9)7-10-13-8(3)15-20-10/h4-7H2,1-3H3. The minimum Gasteiger partial charge on any atom is -0.461 e. The molecule has 0 spiro atoms. The van der Waals surface area contributed by atoms with E-state index in [0.29, 0.717) is 31.3 Å². The highest BCUT2D eigenvalue weighted by Crippen LogP contribution is 2.12. The smallest absolute Gasteiger partial charge is 0.360 e. The Morgan fingerprint density at radius 1 is 1.40 bits per heavy atom. The van der Waals surface area contributed by atoms with E-state index in [9.17, 15) is 4.79 Å². The summed E-state index contributed by atoms with van der Waals surface area (Å²) in [5.74, 6) is 0.534. The Morgan fingerprint density at radius 3 is 2.80 bits per heavy atom. The maximum absolute atomic E-state index is 11.8.